The number of tetrazole rings is 1. The fourth-order valence-electron chi connectivity index (χ4n) is 3.94. The summed E-state index contributed by atoms with van der Waals surface area (Å²) in [7, 11) is 1.60. The maximum atomic E-state index is 13.2. The van der Waals surface area contributed by atoms with Crippen LogP contribution in [0.2, 0.25) is 0 Å². The van der Waals surface area contributed by atoms with E-state index >= 15 is 0 Å². The predicted octanol–water partition coefficient (Wildman–Crippen LogP) is 3.21. The monoisotopic (exact) mass is 482 g/mol. The van der Waals surface area contributed by atoms with Crippen molar-refractivity contribution in [1.82, 2.24) is 25.2 Å². The van der Waals surface area contributed by atoms with Crippen LogP contribution < -0.4 is 4.74 Å². The first-order valence-corrected chi connectivity index (χ1v) is 11.2. The zero-order valence-electron chi connectivity index (χ0n) is 19.4. The zero-order chi connectivity index (χ0) is 24.9. The molecule has 0 N–H and O–H groups in total. The van der Waals surface area contributed by atoms with Gasteiger partial charge in [0, 0.05) is 6.42 Å². The van der Waals surface area contributed by atoms with Gasteiger partial charge in [-0.15, -0.1) is 5.10 Å². The molecule has 1 aromatic heterocycles. The largest absolute Gasteiger partial charge is 0.497 e. The van der Waals surface area contributed by atoms with Gasteiger partial charge in [-0.25, -0.2) is 14.5 Å². The van der Waals surface area contributed by atoms with E-state index in [1.165, 1.54) is 16.0 Å². The van der Waals surface area contributed by atoms with Crippen LogP contribution in [0.1, 0.15) is 33.9 Å². The Labute approximate surface area is 206 Å². The van der Waals surface area contributed by atoms with E-state index in [1.807, 2.05) is 54.6 Å². The standard InChI is InChI=1S/C26H22N6O4/c1-35-22-13-9-19(10-14-22)24-15-23(18-5-3-2-4-6-18)28-32(24)25(33)16-36-26(34)20-7-11-21(12-8-20)31-17-27-29-30-31/h2-14,17,24H,15-16H2,1H3/t24-/m0/s1. The first kappa shape index (κ1) is 22.9. The van der Waals surface area contributed by atoms with E-state index < -0.39 is 18.5 Å². The van der Waals surface area contributed by atoms with Gasteiger partial charge in [0.1, 0.15) is 12.1 Å². The molecule has 1 atom stereocenters. The summed E-state index contributed by atoms with van der Waals surface area (Å²) in [6, 6.07) is 23.4. The summed E-state index contributed by atoms with van der Waals surface area (Å²) in [6.45, 7) is -0.439. The number of amides is 1. The molecule has 4 aromatic rings. The maximum Gasteiger partial charge on any atom is 0.338 e. The number of hydrogen-bond acceptors (Lipinski definition) is 8. The third kappa shape index (κ3) is 4.83. The quantitative estimate of drug-likeness (QED) is 0.372. The third-order valence-corrected chi connectivity index (χ3v) is 5.82. The number of carbonyl (C=O) groups excluding carboxylic acids is 2. The SMILES string of the molecule is COc1ccc([C@@H]2CC(c3ccccc3)=NN2C(=O)COC(=O)c2ccc(-n3cnnn3)cc2)cc1. The highest BCUT2D eigenvalue weighted by Gasteiger charge is 2.33. The van der Waals surface area contributed by atoms with Crippen LogP contribution in [0.25, 0.3) is 5.69 Å². The number of aromatic nitrogens is 4. The molecule has 0 saturated carbocycles. The number of ether oxygens (including phenoxy) is 2. The van der Waals surface area contributed by atoms with Gasteiger partial charge in [-0.3, -0.25) is 4.79 Å². The summed E-state index contributed by atoms with van der Waals surface area (Å²) in [6.07, 6.45) is 1.99. The number of esters is 1. The topological polar surface area (TPSA) is 112 Å². The average molecular weight is 483 g/mol. The van der Waals surface area contributed by atoms with Gasteiger partial charge in [-0.05, 0) is 58.0 Å². The summed E-state index contributed by atoms with van der Waals surface area (Å²) in [5, 5.41) is 17.0. The molecule has 10 nitrogen and oxygen atoms in total. The van der Waals surface area contributed by atoms with E-state index in [9.17, 15) is 9.59 Å². The van der Waals surface area contributed by atoms with Crippen LogP contribution in [0.5, 0.6) is 5.75 Å². The van der Waals surface area contributed by atoms with Crippen molar-refractivity contribution in [1.29, 1.82) is 0 Å². The van der Waals surface area contributed by atoms with Crippen molar-refractivity contribution in [3.63, 3.8) is 0 Å². The number of hydrazone groups is 1. The highest BCUT2D eigenvalue weighted by Crippen LogP contribution is 2.33. The first-order valence-electron chi connectivity index (χ1n) is 11.2. The molecule has 1 amide bonds. The molecule has 36 heavy (non-hydrogen) atoms. The molecule has 2 heterocycles. The smallest absolute Gasteiger partial charge is 0.338 e. The van der Waals surface area contributed by atoms with Gasteiger partial charge < -0.3 is 9.47 Å². The molecule has 0 radical (unpaired) electrons. The molecule has 0 bridgehead atoms. The molecule has 10 heteroatoms. The van der Waals surface area contributed by atoms with E-state index in [1.54, 1.807) is 31.4 Å². The second-order valence-corrected chi connectivity index (χ2v) is 8.02. The van der Waals surface area contributed by atoms with Crippen molar-refractivity contribution in [2.24, 2.45) is 5.10 Å². The van der Waals surface area contributed by atoms with Crippen LogP contribution in [-0.4, -0.2) is 56.5 Å². The normalized spacial score (nSPS) is 14.9. The second-order valence-electron chi connectivity index (χ2n) is 8.02. The Morgan fingerprint density at radius 3 is 2.39 bits per heavy atom. The van der Waals surface area contributed by atoms with Crippen LogP contribution in [0.3, 0.4) is 0 Å². The second kappa shape index (κ2) is 10.2. The van der Waals surface area contributed by atoms with Gasteiger partial charge >= 0.3 is 5.97 Å². The Hall–Kier alpha value is -4.86. The van der Waals surface area contributed by atoms with Crippen LogP contribution in [0.15, 0.2) is 90.3 Å². The van der Waals surface area contributed by atoms with Gasteiger partial charge in [0.15, 0.2) is 6.61 Å². The number of hydrogen-bond donors (Lipinski definition) is 0. The van der Waals surface area contributed by atoms with Crippen LogP contribution in [-0.2, 0) is 9.53 Å². The van der Waals surface area contributed by atoms with E-state index in [0.717, 1.165) is 22.6 Å². The van der Waals surface area contributed by atoms with Crippen molar-refractivity contribution in [2.75, 3.05) is 13.7 Å². The van der Waals surface area contributed by atoms with E-state index in [2.05, 4.69) is 20.6 Å². The van der Waals surface area contributed by atoms with E-state index in [4.69, 9.17) is 9.47 Å². The lowest BCUT2D eigenvalue weighted by Crippen LogP contribution is -2.31. The molecular formula is C26H22N6O4. The summed E-state index contributed by atoms with van der Waals surface area (Å²) in [5.74, 6) is -0.307. The number of nitrogens with zero attached hydrogens (tertiary/aromatic N) is 6. The van der Waals surface area contributed by atoms with Crippen LogP contribution >= 0.6 is 0 Å². The maximum absolute atomic E-state index is 13.2. The van der Waals surface area contributed by atoms with Gasteiger partial charge in [0.05, 0.1) is 30.1 Å². The number of methoxy groups -OCH3 is 1. The first-order chi connectivity index (χ1) is 17.6. The lowest BCUT2D eigenvalue weighted by atomic mass is 9.98. The Morgan fingerprint density at radius 1 is 0.972 bits per heavy atom. The van der Waals surface area contributed by atoms with Crippen molar-refractivity contribution in [3.05, 3.63) is 102 Å². The number of carbonyl (C=O) groups is 2. The number of rotatable bonds is 7. The zero-order valence-corrected chi connectivity index (χ0v) is 19.4. The fourth-order valence-corrected chi connectivity index (χ4v) is 3.94. The molecule has 0 aliphatic carbocycles. The Morgan fingerprint density at radius 2 is 1.72 bits per heavy atom. The van der Waals surface area contributed by atoms with Crippen LogP contribution in [0.4, 0.5) is 0 Å². The van der Waals surface area contributed by atoms with Gasteiger partial charge in [0.25, 0.3) is 5.91 Å². The van der Waals surface area contributed by atoms with Gasteiger partial charge in [-0.1, -0.05) is 42.5 Å². The fraction of sp³-hybridized carbons (Fsp3) is 0.154. The highest BCUT2D eigenvalue weighted by atomic mass is 16.5. The summed E-state index contributed by atoms with van der Waals surface area (Å²) in [5.41, 5.74) is 3.62. The molecule has 5 rings (SSSR count). The number of benzene rings is 3. The molecule has 1 aliphatic heterocycles. The minimum atomic E-state index is -0.612. The summed E-state index contributed by atoms with van der Waals surface area (Å²) in [4.78, 5) is 25.7. The Kier molecular flexibility index (Phi) is 6.48. The van der Waals surface area contributed by atoms with Crippen molar-refractivity contribution in [3.8, 4) is 11.4 Å². The molecular weight excluding hydrogens is 460 g/mol. The van der Waals surface area contributed by atoms with Crippen molar-refractivity contribution < 1.29 is 19.1 Å². The lowest BCUT2D eigenvalue weighted by Gasteiger charge is -2.22. The molecule has 1 aliphatic rings. The minimum absolute atomic E-state index is 0.307. The summed E-state index contributed by atoms with van der Waals surface area (Å²) >= 11 is 0. The minimum Gasteiger partial charge on any atom is -0.497 e. The molecule has 0 spiro atoms. The lowest BCUT2D eigenvalue weighted by molar-refractivity contribution is -0.136. The summed E-state index contributed by atoms with van der Waals surface area (Å²) < 4.78 is 12.0. The van der Waals surface area contributed by atoms with E-state index in [0.29, 0.717) is 17.7 Å². The molecule has 0 unspecified atom stereocenters. The van der Waals surface area contributed by atoms with Crippen molar-refractivity contribution >= 4 is 17.6 Å². The van der Waals surface area contributed by atoms with Crippen LogP contribution in [0, 0.1) is 0 Å². The van der Waals surface area contributed by atoms with Gasteiger partial charge in [0.2, 0.25) is 0 Å². The highest BCUT2D eigenvalue weighted by molar-refractivity contribution is 6.03. The Balaban J connectivity index is 1.30. The molecule has 180 valence electrons. The van der Waals surface area contributed by atoms with Gasteiger partial charge in [-0.2, -0.15) is 5.10 Å². The molecule has 0 fully saturated rings. The van der Waals surface area contributed by atoms with Crippen molar-refractivity contribution in [2.45, 2.75) is 12.5 Å². The average Bonchev–Trinajstić information content (AvgIpc) is 3.63. The predicted molar refractivity (Wildman–Crippen MR) is 130 cm³/mol. The molecule has 0 saturated heterocycles. The van der Waals surface area contributed by atoms with E-state index in [-0.39, 0.29) is 6.04 Å². The third-order valence-electron chi connectivity index (χ3n) is 5.82. The molecule has 3 aromatic carbocycles. The Bertz CT molecular complexity index is 1370.